The predicted octanol–water partition coefficient (Wildman–Crippen LogP) is 4.13. The number of amides is 1. The summed E-state index contributed by atoms with van der Waals surface area (Å²) < 4.78 is 5.76. The first kappa shape index (κ1) is 21.1. The molecule has 1 aromatic heterocycles. The zero-order valence-electron chi connectivity index (χ0n) is 17.5. The van der Waals surface area contributed by atoms with Gasteiger partial charge in [-0.25, -0.2) is 5.06 Å². The van der Waals surface area contributed by atoms with Gasteiger partial charge < -0.3 is 15.1 Å². The number of hydroxylamine groups is 2. The zero-order chi connectivity index (χ0) is 22.7. The van der Waals surface area contributed by atoms with Gasteiger partial charge in [0.05, 0.1) is 23.8 Å². The Hall–Kier alpha value is -3.10. The second-order valence-electron chi connectivity index (χ2n) is 8.74. The second kappa shape index (κ2) is 7.25. The van der Waals surface area contributed by atoms with Crippen LogP contribution in [0.4, 0.5) is 17.1 Å². The average molecular weight is 444 g/mol. The summed E-state index contributed by atoms with van der Waals surface area (Å²) >= 11 is 6.15. The molecule has 1 amide bonds. The molecule has 2 aromatic carbocycles. The van der Waals surface area contributed by atoms with E-state index in [1.165, 1.54) is 6.07 Å². The molecule has 1 atom stereocenters. The van der Waals surface area contributed by atoms with Crippen molar-refractivity contribution < 1.29 is 14.4 Å². The smallest absolute Gasteiger partial charge is 0.280 e. The third-order valence-corrected chi connectivity index (χ3v) is 5.74. The number of fused-ring (bicyclic) bond motifs is 1. The van der Waals surface area contributed by atoms with Gasteiger partial charge in [0.1, 0.15) is 22.9 Å². The van der Waals surface area contributed by atoms with Crippen LogP contribution >= 0.6 is 11.6 Å². The van der Waals surface area contributed by atoms with Crippen molar-refractivity contribution >= 4 is 34.6 Å². The molecule has 0 spiro atoms. The molecule has 2 heterocycles. The molecule has 0 aliphatic carbocycles. The van der Waals surface area contributed by atoms with Crippen LogP contribution in [-0.4, -0.2) is 16.2 Å². The number of hydrogen-bond donors (Lipinski definition) is 3. The van der Waals surface area contributed by atoms with Crippen LogP contribution in [0, 0.1) is 12.3 Å². The molecule has 162 valence electrons. The van der Waals surface area contributed by atoms with E-state index >= 15 is 0 Å². The van der Waals surface area contributed by atoms with Gasteiger partial charge in [0, 0.05) is 10.6 Å². The Morgan fingerprint density at radius 1 is 1.10 bits per heavy atom. The highest BCUT2D eigenvalue weighted by molar-refractivity contribution is 6.32. The van der Waals surface area contributed by atoms with Crippen molar-refractivity contribution in [2.45, 2.75) is 40.3 Å². The molecule has 31 heavy (non-hydrogen) atoms. The summed E-state index contributed by atoms with van der Waals surface area (Å²) in [6.07, 6.45) is 0. The maximum absolute atomic E-state index is 12.4. The normalized spacial score (nSPS) is 14.8. The van der Waals surface area contributed by atoms with Gasteiger partial charge in [0.2, 0.25) is 0 Å². The zero-order valence-corrected chi connectivity index (χ0v) is 18.3. The Morgan fingerprint density at radius 3 is 2.39 bits per heavy atom. The average Bonchev–Trinajstić information content (AvgIpc) is 3.25. The number of carbonyl (C=O) groups excluding carboxylic acids is 1. The van der Waals surface area contributed by atoms with Gasteiger partial charge >= 0.3 is 0 Å². The topological polar surface area (TPSA) is 112 Å². The first-order valence-electron chi connectivity index (χ1n) is 9.74. The van der Waals surface area contributed by atoms with Crippen molar-refractivity contribution in [1.82, 2.24) is 5.06 Å². The van der Waals surface area contributed by atoms with Crippen LogP contribution in [0.1, 0.15) is 54.3 Å². The van der Waals surface area contributed by atoms with Crippen LogP contribution < -0.4 is 21.5 Å². The number of nitrogens with one attached hydrogen (secondary N) is 2. The number of carbonyl (C=O) groups is 1. The molecule has 0 radical (unpaired) electrons. The lowest BCUT2D eigenvalue weighted by Gasteiger charge is -2.31. The summed E-state index contributed by atoms with van der Waals surface area (Å²) in [5, 5.41) is 16.7. The van der Waals surface area contributed by atoms with E-state index in [9.17, 15) is 19.6 Å². The molecule has 1 aliphatic heterocycles. The molecule has 1 aliphatic rings. The highest BCUT2D eigenvalue weighted by Crippen LogP contribution is 2.39. The first-order valence-corrected chi connectivity index (χ1v) is 10.1. The van der Waals surface area contributed by atoms with E-state index in [1.54, 1.807) is 6.07 Å². The number of halogens is 1. The fourth-order valence-corrected chi connectivity index (χ4v) is 3.94. The molecule has 0 bridgehead atoms. The first-order chi connectivity index (χ1) is 14.5. The summed E-state index contributed by atoms with van der Waals surface area (Å²) in [5.41, 5.74) is -0.603. The molecule has 0 saturated carbocycles. The Morgan fingerprint density at radius 2 is 1.77 bits per heavy atom. The van der Waals surface area contributed by atoms with Crippen molar-refractivity contribution in [2.75, 3.05) is 10.6 Å². The van der Waals surface area contributed by atoms with Gasteiger partial charge in [-0.2, -0.15) is 0 Å². The minimum absolute atomic E-state index is 0.0521. The van der Waals surface area contributed by atoms with Gasteiger partial charge in [-0.05, 0) is 36.6 Å². The third kappa shape index (κ3) is 3.51. The number of furan rings is 1. The maximum atomic E-state index is 12.4. The van der Waals surface area contributed by atoms with E-state index in [0.717, 1.165) is 5.76 Å². The fraction of sp³-hybridized carbons (Fsp3) is 0.318. The predicted molar refractivity (Wildman–Crippen MR) is 117 cm³/mol. The van der Waals surface area contributed by atoms with E-state index in [-0.39, 0.29) is 40.6 Å². The van der Waals surface area contributed by atoms with E-state index < -0.39 is 16.8 Å². The minimum Gasteiger partial charge on any atom is -0.464 e. The van der Waals surface area contributed by atoms with Gasteiger partial charge in [0.15, 0.2) is 0 Å². The van der Waals surface area contributed by atoms with Crippen LogP contribution in [0.15, 0.2) is 38.3 Å². The fourth-order valence-electron chi connectivity index (χ4n) is 3.73. The SMILES string of the molecule is Cc1ccc(C(Nc2c(Nc3ccc(Cl)c4c3C(=O)N(O)C4)c(=O)c2=O)C(C)(C)C)o1. The standard InChI is InChI=1S/C22H22ClN3O5/c1-10-5-8-14(31-10)20(22(2,3)4)25-17-16(18(27)19(17)28)24-13-7-6-12(23)11-9-26(30)21(29)15(11)13/h5-8,20,24-25,30H,9H2,1-4H3. The summed E-state index contributed by atoms with van der Waals surface area (Å²) in [6.45, 7) is 7.74. The molecule has 1 unspecified atom stereocenters. The van der Waals surface area contributed by atoms with Crippen molar-refractivity contribution in [3.63, 3.8) is 0 Å². The molecule has 3 aromatic rings. The van der Waals surface area contributed by atoms with Gasteiger partial charge in [-0.15, -0.1) is 0 Å². The van der Waals surface area contributed by atoms with Crippen LogP contribution in [0.25, 0.3) is 0 Å². The van der Waals surface area contributed by atoms with Crippen molar-refractivity contribution in [3.05, 3.63) is 72.4 Å². The lowest BCUT2D eigenvalue weighted by atomic mass is 9.85. The summed E-state index contributed by atoms with van der Waals surface area (Å²) in [6, 6.07) is 6.39. The van der Waals surface area contributed by atoms with E-state index in [1.807, 2.05) is 39.8 Å². The Labute approximate surface area is 183 Å². The maximum Gasteiger partial charge on any atom is 0.280 e. The lowest BCUT2D eigenvalue weighted by Crippen LogP contribution is -2.39. The van der Waals surface area contributed by atoms with Crippen LogP contribution in [-0.2, 0) is 6.54 Å². The summed E-state index contributed by atoms with van der Waals surface area (Å²) in [5.74, 6) is 0.743. The highest BCUT2D eigenvalue weighted by Gasteiger charge is 2.35. The molecule has 8 nitrogen and oxygen atoms in total. The van der Waals surface area contributed by atoms with Gasteiger partial charge in [-0.3, -0.25) is 19.6 Å². The quantitative estimate of drug-likeness (QED) is 0.401. The number of hydrogen-bond acceptors (Lipinski definition) is 7. The van der Waals surface area contributed by atoms with Crippen molar-refractivity contribution in [2.24, 2.45) is 5.41 Å². The van der Waals surface area contributed by atoms with Gasteiger partial charge in [0.25, 0.3) is 16.8 Å². The summed E-state index contributed by atoms with van der Waals surface area (Å²) in [4.78, 5) is 37.1. The van der Waals surface area contributed by atoms with Crippen molar-refractivity contribution in [1.29, 1.82) is 0 Å². The number of aryl methyl sites for hydroxylation is 1. The van der Waals surface area contributed by atoms with E-state index in [0.29, 0.717) is 21.4 Å². The number of anilines is 3. The molecular weight excluding hydrogens is 422 g/mol. The number of rotatable bonds is 5. The van der Waals surface area contributed by atoms with Gasteiger partial charge in [-0.1, -0.05) is 32.4 Å². The monoisotopic (exact) mass is 443 g/mol. The van der Waals surface area contributed by atoms with E-state index in [4.69, 9.17) is 16.0 Å². The largest absolute Gasteiger partial charge is 0.464 e. The summed E-state index contributed by atoms with van der Waals surface area (Å²) in [7, 11) is 0. The van der Waals surface area contributed by atoms with Crippen LogP contribution in [0.5, 0.6) is 0 Å². The van der Waals surface area contributed by atoms with E-state index in [2.05, 4.69) is 10.6 Å². The molecule has 0 saturated heterocycles. The second-order valence-corrected chi connectivity index (χ2v) is 9.14. The number of benzene rings is 1. The molecular formula is C22H22ClN3O5. The molecule has 4 rings (SSSR count). The lowest BCUT2D eigenvalue weighted by molar-refractivity contribution is -0.0578. The Bertz CT molecular complexity index is 1260. The molecule has 0 fully saturated rings. The third-order valence-electron chi connectivity index (χ3n) is 5.38. The van der Waals surface area contributed by atoms with Crippen LogP contribution in [0.3, 0.4) is 0 Å². The highest BCUT2D eigenvalue weighted by atomic mass is 35.5. The molecule has 3 N–H and O–H groups in total. The minimum atomic E-state index is -0.694. The number of nitrogens with zero attached hydrogens (tertiary/aromatic N) is 1. The van der Waals surface area contributed by atoms with Crippen LogP contribution in [0.2, 0.25) is 5.02 Å². The Balaban J connectivity index is 1.71. The Kier molecular flexibility index (Phi) is 4.94. The van der Waals surface area contributed by atoms with Crippen molar-refractivity contribution in [3.8, 4) is 0 Å². The molecule has 9 heteroatoms.